The SMILES string of the molecule is CCCC(OCC)C(O)Cc1ccc(Cl)cc1F. The van der Waals surface area contributed by atoms with Crippen LogP contribution in [-0.4, -0.2) is 23.9 Å². The Labute approximate surface area is 113 Å². The fourth-order valence-electron chi connectivity index (χ4n) is 1.93. The Bertz CT molecular complexity index is 365. The minimum Gasteiger partial charge on any atom is -0.390 e. The molecule has 1 rings (SSSR count). The van der Waals surface area contributed by atoms with Crippen molar-refractivity contribution >= 4 is 11.6 Å². The van der Waals surface area contributed by atoms with Gasteiger partial charge in [0.25, 0.3) is 0 Å². The van der Waals surface area contributed by atoms with Crippen LogP contribution in [0, 0.1) is 5.82 Å². The monoisotopic (exact) mass is 274 g/mol. The van der Waals surface area contributed by atoms with Crippen LogP contribution in [0.5, 0.6) is 0 Å². The van der Waals surface area contributed by atoms with E-state index in [0.29, 0.717) is 17.2 Å². The summed E-state index contributed by atoms with van der Waals surface area (Å²) in [5.74, 6) is -0.381. The first-order valence-corrected chi connectivity index (χ1v) is 6.69. The zero-order valence-corrected chi connectivity index (χ0v) is 11.6. The number of rotatable bonds is 7. The van der Waals surface area contributed by atoms with E-state index in [9.17, 15) is 9.50 Å². The molecule has 0 spiro atoms. The maximum atomic E-state index is 13.6. The van der Waals surface area contributed by atoms with Gasteiger partial charge >= 0.3 is 0 Å². The van der Waals surface area contributed by atoms with E-state index in [1.165, 1.54) is 6.07 Å². The Morgan fingerprint density at radius 1 is 1.39 bits per heavy atom. The smallest absolute Gasteiger partial charge is 0.127 e. The minimum atomic E-state index is -0.694. The molecule has 0 aliphatic carbocycles. The molecule has 0 aromatic heterocycles. The van der Waals surface area contributed by atoms with Crippen molar-refractivity contribution < 1.29 is 14.2 Å². The van der Waals surface area contributed by atoms with Crippen molar-refractivity contribution in [1.82, 2.24) is 0 Å². The molecule has 2 unspecified atom stereocenters. The topological polar surface area (TPSA) is 29.5 Å². The van der Waals surface area contributed by atoms with Gasteiger partial charge in [0.1, 0.15) is 5.82 Å². The van der Waals surface area contributed by atoms with Crippen LogP contribution in [0.15, 0.2) is 18.2 Å². The molecule has 0 bridgehead atoms. The lowest BCUT2D eigenvalue weighted by Gasteiger charge is -2.22. The maximum absolute atomic E-state index is 13.6. The first-order chi connectivity index (χ1) is 8.58. The Morgan fingerprint density at radius 2 is 2.11 bits per heavy atom. The number of ether oxygens (including phenoxy) is 1. The highest BCUT2D eigenvalue weighted by Gasteiger charge is 2.20. The fourth-order valence-corrected chi connectivity index (χ4v) is 2.09. The van der Waals surface area contributed by atoms with Crippen molar-refractivity contribution in [2.45, 2.75) is 45.3 Å². The highest BCUT2D eigenvalue weighted by atomic mass is 35.5. The second kappa shape index (κ2) is 7.72. The van der Waals surface area contributed by atoms with E-state index in [1.54, 1.807) is 12.1 Å². The average Bonchev–Trinajstić information content (AvgIpc) is 2.32. The summed E-state index contributed by atoms with van der Waals surface area (Å²) in [6.45, 7) is 4.46. The predicted octanol–water partition coefficient (Wildman–Crippen LogP) is 3.59. The van der Waals surface area contributed by atoms with Gasteiger partial charge in [0.15, 0.2) is 0 Å². The van der Waals surface area contributed by atoms with Crippen molar-refractivity contribution in [2.24, 2.45) is 0 Å². The molecule has 0 heterocycles. The Morgan fingerprint density at radius 3 is 2.67 bits per heavy atom. The van der Waals surface area contributed by atoms with Crippen LogP contribution in [0.2, 0.25) is 5.02 Å². The zero-order chi connectivity index (χ0) is 13.5. The van der Waals surface area contributed by atoms with Crippen LogP contribution in [0.3, 0.4) is 0 Å². The molecule has 0 radical (unpaired) electrons. The molecule has 1 aromatic carbocycles. The molecule has 1 aromatic rings. The van der Waals surface area contributed by atoms with Crippen LogP contribution in [0.25, 0.3) is 0 Å². The molecule has 0 amide bonds. The second-order valence-electron chi connectivity index (χ2n) is 4.29. The molecule has 1 N–H and O–H groups in total. The van der Waals surface area contributed by atoms with E-state index in [4.69, 9.17) is 16.3 Å². The number of aliphatic hydroxyl groups excluding tert-OH is 1. The number of halogens is 2. The Hall–Kier alpha value is -0.640. The Kier molecular flexibility index (Phi) is 6.61. The summed E-state index contributed by atoms with van der Waals surface area (Å²) < 4.78 is 19.1. The first-order valence-electron chi connectivity index (χ1n) is 6.32. The molecule has 102 valence electrons. The molecule has 0 saturated carbocycles. The zero-order valence-electron chi connectivity index (χ0n) is 10.8. The van der Waals surface area contributed by atoms with Gasteiger partial charge in [-0.05, 0) is 31.0 Å². The van der Waals surface area contributed by atoms with Crippen molar-refractivity contribution in [2.75, 3.05) is 6.61 Å². The van der Waals surface area contributed by atoms with E-state index in [-0.39, 0.29) is 18.3 Å². The molecule has 18 heavy (non-hydrogen) atoms. The molecular weight excluding hydrogens is 255 g/mol. The molecule has 0 aliphatic rings. The highest BCUT2D eigenvalue weighted by molar-refractivity contribution is 6.30. The fraction of sp³-hybridized carbons (Fsp3) is 0.571. The molecule has 2 nitrogen and oxygen atoms in total. The van der Waals surface area contributed by atoms with Gasteiger partial charge < -0.3 is 9.84 Å². The molecule has 0 saturated heterocycles. The van der Waals surface area contributed by atoms with Crippen LogP contribution in [0.4, 0.5) is 4.39 Å². The lowest BCUT2D eigenvalue weighted by molar-refractivity contribution is -0.0366. The summed E-state index contributed by atoms with van der Waals surface area (Å²) in [4.78, 5) is 0. The number of aliphatic hydroxyl groups is 1. The van der Waals surface area contributed by atoms with Gasteiger partial charge in [-0.15, -0.1) is 0 Å². The van der Waals surface area contributed by atoms with E-state index in [0.717, 1.165) is 12.8 Å². The van der Waals surface area contributed by atoms with Crippen molar-refractivity contribution in [3.05, 3.63) is 34.6 Å². The second-order valence-corrected chi connectivity index (χ2v) is 4.73. The number of benzene rings is 1. The van der Waals surface area contributed by atoms with Crippen LogP contribution < -0.4 is 0 Å². The highest BCUT2D eigenvalue weighted by Crippen LogP contribution is 2.18. The van der Waals surface area contributed by atoms with Crippen LogP contribution in [-0.2, 0) is 11.2 Å². The van der Waals surface area contributed by atoms with Gasteiger partial charge in [-0.3, -0.25) is 0 Å². The first kappa shape index (κ1) is 15.4. The van der Waals surface area contributed by atoms with E-state index >= 15 is 0 Å². The van der Waals surface area contributed by atoms with Crippen LogP contribution >= 0.6 is 11.6 Å². The van der Waals surface area contributed by atoms with Crippen molar-refractivity contribution in [3.8, 4) is 0 Å². The third-order valence-corrected chi connectivity index (χ3v) is 3.06. The third kappa shape index (κ3) is 4.56. The normalized spacial score (nSPS) is 14.5. The summed E-state index contributed by atoms with van der Waals surface area (Å²) in [6, 6.07) is 4.50. The summed E-state index contributed by atoms with van der Waals surface area (Å²) in [7, 11) is 0. The standard InChI is InChI=1S/C14H20ClFO2/c1-3-5-14(18-4-2)13(17)8-10-6-7-11(15)9-12(10)16/h6-7,9,13-14,17H,3-5,8H2,1-2H3. The van der Waals surface area contributed by atoms with Gasteiger partial charge in [0.05, 0.1) is 12.2 Å². The summed E-state index contributed by atoms with van der Waals surface area (Å²) in [6.07, 6.45) is 0.999. The number of hydrogen-bond donors (Lipinski definition) is 1. The summed E-state index contributed by atoms with van der Waals surface area (Å²) >= 11 is 5.69. The molecule has 0 fully saturated rings. The molecule has 0 aliphatic heterocycles. The lowest BCUT2D eigenvalue weighted by Crippen LogP contribution is -2.31. The lowest BCUT2D eigenvalue weighted by atomic mass is 10.0. The van der Waals surface area contributed by atoms with E-state index in [1.807, 2.05) is 13.8 Å². The largest absolute Gasteiger partial charge is 0.390 e. The third-order valence-electron chi connectivity index (χ3n) is 2.83. The predicted molar refractivity (Wildman–Crippen MR) is 71.4 cm³/mol. The average molecular weight is 275 g/mol. The van der Waals surface area contributed by atoms with Crippen LogP contribution in [0.1, 0.15) is 32.3 Å². The minimum absolute atomic E-state index is 0.241. The van der Waals surface area contributed by atoms with E-state index in [2.05, 4.69) is 0 Å². The molecule has 4 heteroatoms. The summed E-state index contributed by atoms with van der Waals surface area (Å²) in [5.41, 5.74) is 0.465. The maximum Gasteiger partial charge on any atom is 0.127 e. The van der Waals surface area contributed by atoms with Gasteiger partial charge in [-0.2, -0.15) is 0 Å². The van der Waals surface area contributed by atoms with Crippen molar-refractivity contribution in [1.29, 1.82) is 0 Å². The van der Waals surface area contributed by atoms with Gasteiger partial charge in [0, 0.05) is 18.1 Å². The quantitative estimate of drug-likeness (QED) is 0.823. The van der Waals surface area contributed by atoms with Gasteiger partial charge in [0.2, 0.25) is 0 Å². The molecular formula is C14H20ClFO2. The van der Waals surface area contributed by atoms with Gasteiger partial charge in [-0.1, -0.05) is 31.0 Å². The van der Waals surface area contributed by atoms with E-state index < -0.39 is 6.10 Å². The molecule has 2 atom stereocenters. The Balaban J connectivity index is 2.69. The van der Waals surface area contributed by atoms with Crippen molar-refractivity contribution in [3.63, 3.8) is 0 Å². The number of hydrogen-bond acceptors (Lipinski definition) is 2. The van der Waals surface area contributed by atoms with Gasteiger partial charge in [-0.25, -0.2) is 4.39 Å². The summed E-state index contributed by atoms with van der Waals surface area (Å²) in [5, 5.41) is 10.5.